The van der Waals surface area contributed by atoms with Crippen molar-refractivity contribution in [1.82, 2.24) is 15.0 Å². The number of rotatable bonds is 3. The zero-order chi connectivity index (χ0) is 14.1. The predicted octanol–water partition coefficient (Wildman–Crippen LogP) is 2.39. The second-order valence-electron chi connectivity index (χ2n) is 4.10. The van der Waals surface area contributed by atoms with Gasteiger partial charge >= 0.3 is 0 Å². The molecule has 0 saturated carbocycles. The second-order valence-corrected chi connectivity index (χ2v) is 5.81. The number of hydrogen-bond acceptors (Lipinski definition) is 5. The highest BCUT2D eigenvalue weighted by molar-refractivity contribution is 7.18. The van der Waals surface area contributed by atoms with E-state index in [9.17, 15) is 9.59 Å². The van der Waals surface area contributed by atoms with Crippen LogP contribution in [0.25, 0.3) is 10.9 Å². The monoisotopic (exact) mass is 305 g/mol. The number of nitrogens with zero attached hydrogens (tertiary/aromatic N) is 3. The Hall–Kier alpha value is -2.05. The summed E-state index contributed by atoms with van der Waals surface area (Å²) < 4.78 is 1.60. The third-order valence-corrected chi connectivity index (χ3v) is 4.04. The first kappa shape index (κ1) is 13.0. The second kappa shape index (κ2) is 5.15. The maximum atomic E-state index is 12.2. The zero-order valence-corrected chi connectivity index (χ0v) is 11.7. The minimum Gasteiger partial charge on any atom is -0.291 e. The lowest BCUT2D eigenvalue weighted by Gasteiger charge is -2.02. The molecular formula is C13H8ClN3O2S. The molecule has 20 heavy (non-hydrogen) atoms. The average Bonchev–Trinajstić information content (AvgIpc) is 2.89. The lowest BCUT2D eigenvalue weighted by Crippen LogP contribution is -2.27. The molecule has 3 aromatic rings. The number of benzene rings is 1. The molecule has 5 nitrogen and oxygen atoms in total. The predicted molar refractivity (Wildman–Crippen MR) is 77.5 cm³/mol. The van der Waals surface area contributed by atoms with Gasteiger partial charge in [-0.25, -0.2) is 4.68 Å². The molecule has 2 aromatic heterocycles. The van der Waals surface area contributed by atoms with Crippen LogP contribution < -0.4 is 5.56 Å². The lowest BCUT2D eigenvalue weighted by atomic mass is 10.2. The molecule has 0 N–H and O–H groups in total. The van der Waals surface area contributed by atoms with Gasteiger partial charge in [0.15, 0.2) is 5.78 Å². The molecule has 100 valence electrons. The fourth-order valence-electron chi connectivity index (χ4n) is 1.81. The van der Waals surface area contributed by atoms with Crippen molar-refractivity contribution in [3.63, 3.8) is 0 Å². The summed E-state index contributed by atoms with van der Waals surface area (Å²) >= 11 is 6.96. The first-order chi connectivity index (χ1) is 9.65. The largest absolute Gasteiger partial charge is 0.291 e. The minimum atomic E-state index is -0.327. The van der Waals surface area contributed by atoms with Crippen molar-refractivity contribution in [2.45, 2.75) is 6.54 Å². The Kier molecular flexibility index (Phi) is 3.33. The highest BCUT2D eigenvalue weighted by atomic mass is 35.5. The van der Waals surface area contributed by atoms with Gasteiger partial charge in [-0.3, -0.25) is 9.59 Å². The summed E-state index contributed by atoms with van der Waals surface area (Å²) in [5.41, 5.74) is 0.187. The van der Waals surface area contributed by atoms with Crippen LogP contribution in [0.3, 0.4) is 0 Å². The molecule has 2 heterocycles. The fraction of sp³-hybridized carbons (Fsp3) is 0.0769. The molecule has 0 aliphatic heterocycles. The van der Waals surface area contributed by atoms with Gasteiger partial charge in [0.25, 0.3) is 5.56 Å². The minimum absolute atomic E-state index is 0.145. The third-order valence-electron chi connectivity index (χ3n) is 2.77. The van der Waals surface area contributed by atoms with E-state index >= 15 is 0 Å². The maximum Gasteiger partial charge on any atom is 0.278 e. The van der Waals surface area contributed by atoms with Crippen LogP contribution in [0.15, 0.2) is 41.2 Å². The standard InChI is InChI=1S/C13H8ClN3O2S/c14-12-6-5-11(20-12)10(18)7-17-13(19)8-3-1-2-4-9(8)15-16-17/h1-6H,7H2. The number of aromatic nitrogens is 3. The van der Waals surface area contributed by atoms with Gasteiger partial charge in [0.1, 0.15) is 12.1 Å². The number of carbonyl (C=O) groups is 1. The van der Waals surface area contributed by atoms with Gasteiger partial charge in [-0.1, -0.05) is 28.9 Å². The van der Waals surface area contributed by atoms with E-state index in [1.807, 2.05) is 0 Å². The Bertz CT molecular complexity index is 856. The van der Waals surface area contributed by atoms with Crippen LogP contribution in [0.4, 0.5) is 0 Å². The Morgan fingerprint density at radius 1 is 1.25 bits per heavy atom. The number of carbonyl (C=O) groups excluding carboxylic acids is 1. The summed E-state index contributed by atoms with van der Waals surface area (Å²) in [6.45, 7) is -0.145. The molecule has 0 atom stereocenters. The van der Waals surface area contributed by atoms with E-state index in [1.165, 1.54) is 11.3 Å². The van der Waals surface area contributed by atoms with Gasteiger partial charge < -0.3 is 0 Å². The molecule has 3 rings (SSSR count). The van der Waals surface area contributed by atoms with E-state index in [1.54, 1.807) is 36.4 Å². The van der Waals surface area contributed by atoms with Crippen LogP contribution >= 0.6 is 22.9 Å². The van der Waals surface area contributed by atoms with Crippen LogP contribution in [0, 0.1) is 0 Å². The van der Waals surface area contributed by atoms with Gasteiger partial charge in [0, 0.05) is 0 Å². The third kappa shape index (κ3) is 2.35. The number of Topliss-reactive ketones (excluding diaryl/α,β-unsaturated/α-hetero) is 1. The average molecular weight is 306 g/mol. The first-order valence-electron chi connectivity index (χ1n) is 5.76. The van der Waals surface area contributed by atoms with Gasteiger partial charge in [-0.15, -0.1) is 16.4 Å². The van der Waals surface area contributed by atoms with Crippen LogP contribution in [0.2, 0.25) is 4.34 Å². The van der Waals surface area contributed by atoms with Crippen molar-refractivity contribution in [1.29, 1.82) is 0 Å². The maximum absolute atomic E-state index is 12.2. The van der Waals surface area contributed by atoms with E-state index in [2.05, 4.69) is 10.3 Å². The van der Waals surface area contributed by atoms with Crippen LogP contribution in [0.5, 0.6) is 0 Å². The molecule has 1 aromatic carbocycles. The molecule has 0 amide bonds. The molecular weight excluding hydrogens is 298 g/mol. The summed E-state index contributed by atoms with van der Waals surface area (Å²) in [5.74, 6) is -0.214. The Labute approximate surface area is 122 Å². The summed E-state index contributed by atoms with van der Waals surface area (Å²) in [4.78, 5) is 24.7. The molecule has 0 saturated heterocycles. The molecule has 0 bridgehead atoms. The summed E-state index contributed by atoms with van der Waals surface area (Å²) in [6, 6.07) is 10.2. The number of ketones is 1. The summed E-state index contributed by atoms with van der Waals surface area (Å²) in [6.07, 6.45) is 0. The normalized spacial score (nSPS) is 10.8. The van der Waals surface area contributed by atoms with Crippen LogP contribution in [-0.4, -0.2) is 20.8 Å². The lowest BCUT2D eigenvalue weighted by molar-refractivity contribution is 0.0968. The van der Waals surface area contributed by atoms with Gasteiger partial charge in [-0.05, 0) is 24.3 Å². The van der Waals surface area contributed by atoms with E-state index < -0.39 is 0 Å². The zero-order valence-electron chi connectivity index (χ0n) is 10.1. The van der Waals surface area contributed by atoms with Crippen molar-refractivity contribution in [2.24, 2.45) is 0 Å². The highest BCUT2D eigenvalue weighted by Crippen LogP contribution is 2.21. The Morgan fingerprint density at radius 3 is 2.80 bits per heavy atom. The van der Waals surface area contributed by atoms with Crippen molar-refractivity contribution in [3.05, 3.63) is 56.0 Å². The molecule has 0 aliphatic carbocycles. The van der Waals surface area contributed by atoms with E-state index in [-0.39, 0.29) is 17.9 Å². The number of halogens is 1. The Morgan fingerprint density at radius 2 is 2.05 bits per heavy atom. The van der Waals surface area contributed by atoms with Crippen LogP contribution in [0.1, 0.15) is 9.67 Å². The Balaban J connectivity index is 1.97. The van der Waals surface area contributed by atoms with E-state index in [4.69, 9.17) is 11.6 Å². The van der Waals surface area contributed by atoms with Crippen LogP contribution in [-0.2, 0) is 6.54 Å². The van der Waals surface area contributed by atoms with Crippen molar-refractivity contribution >= 4 is 39.6 Å². The first-order valence-corrected chi connectivity index (χ1v) is 6.95. The van der Waals surface area contributed by atoms with Crippen molar-refractivity contribution < 1.29 is 4.79 Å². The quantitative estimate of drug-likeness (QED) is 0.697. The summed E-state index contributed by atoms with van der Waals surface area (Å²) in [7, 11) is 0. The molecule has 0 unspecified atom stereocenters. The van der Waals surface area contributed by atoms with Gasteiger partial charge in [-0.2, -0.15) is 0 Å². The smallest absolute Gasteiger partial charge is 0.278 e. The number of thiophene rings is 1. The molecule has 7 heteroatoms. The fourth-order valence-corrected chi connectivity index (χ4v) is 2.78. The molecule has 0 spiro atoms. The van der Waals surface area contributed by atoms with Gasteiger partial charge in [0.2, 0.25) is 0 Å². The van der Waals surface area contributed by atoms with Crippen molar-refractivity contribution in [2.75, 3.05) is 0 Å². The van der Waals surface area contributed by atoms with Gasteiger partial charge in [0.05, 0.1) is 14.6 Å². The SMILES string of the molecule is O=C(Cn1nnc2ccccc2c1=O)c1ccc(Cl)s1. The highest BCUT2D eigenvalue weighted by Gasteiger charge is 2.13. The van der Waals surface area contributed by atoms with Crippen molar-refractivity contribution in [3.8, 4) is 0 Å². The van der Waals surface area contributed by atoms with E-state index in [0.29, 0.717) is 20.1 Å². The topological polar surface area (TPSA) is 64.8 Å². The molecule has 0 aliphatic rings. The summed E-state index contributed by atoms with van der Waals surface area (Å²) in [5, 5.41) is 8.16. The number of hydrogen-bond donors (Lipinski definition) is 0. The molecule has 0 fully saturated rings. The number of fused-ring (bicyclic) bond motifs is 1. The molecule has 0 radical (unpaired) electrons. The van der Waals surface area contributed by atoms with E-state index in [0.717, 1.165) is 4.68 Å².